The smallest absolute Gasteiger partial charge is 0.444 e. The molecule has 8 nitrogen and oxygen atoms in total. The molecule has 2 aliphatic rings. The monoisotopic (exact) mass is 408 g/mol. The molecule has 0 radical (unpaired) electrons. The van der Waals surface area contributed by atoms with Gasteiger partial charge in [-0.2, -0.15) is 0 Å². The zero-order chi connectivity index (χ0) is 22.0. The molecule has 1 saturated carbocycles. The fourth-order valence-corrected chi connectivity index (χ4v) is 3.49. The molecular formula is C21H32N2O6. The standard InChI is InChI=1S/C21H32N2O6/c1-20(2,3)28-18(25)23-13-9-12-7-8-14(27-19(26)29-21(4,5)6)11-15(12)16(10-13)17(22)24/h7,11,13,15-16H,8-10H2,1-6H3,(H2,22,24)(H,23,25)/t13-,15-,16-/m1/s1. The van der Waals surface area contributed by atoms with Crippen LogP contribution >= 0.6 is 0 Å². The van der Waals surface area contributed by atoms with Crippen molar-refractivity contribution in [2.24, 2.45) is 17.6 Å². The van der Waals surface area contributed by atoms with E-state index >= 15 is 0 Å². The van der Waals surface area contributed by atoms with Gasteiger partial charge >= 0.3 is 12.2 Å². The van der Waals surface area contributed by atoms with Crippen LogP contribution in [0, 0.1) is 11.8 Å². The molecule has 0 spiro atoms. The lowest BCUT2D eigenvalue weighted by molar-refractivity contribution is -0.123. The Bertz CT molecular complexity index is 726. The minimum absolute atomic E-state index is 0.258. The fraction of sp³-hybridized carbons (Fsp3) is 0.667. The van der Waals surface area contributed by atoms with Crippen molar-refractivity contribution in [2.75, 3.05) is 0 Å². The Morgan fingerprint density at radius 2 is 1.69 bits per heavy atom. The van der Waals surface area contributed by atoms with Gasteiger partial charge in [0.05, 0.1) is 0 Å². The number of fused-ring (bicyclic) bond motifs is 1. The van der Waals surface area contributed by atoms with Gasteiger partial charge in [0.2, 0.25) is 5.91 Å². The van der Waals surface area contributed by atoms with Gasteiger partial charge in [0.15, 0.2) is 0 Å². The van der Waals surface area contributed by atoms with Gasteiger partial charge in [-0.15, -0.1) is 0 Å². The highest BCUT2D eigenvalue weighted by molar-refractivity contribution is 5.78. The van der Waals surface area contributed by atoms with Crippen molar-refractivity contribution in [3.63, 3.8) is 0 Å². The third-order valence-corrected chi connectivity index (χ3v) is 4.50. The van der Waals surface area contributed by atoms with Gasteiger partial charge in [0, 0.05) is 24.3 Å². The molecule has 0 aromatic rings. The number of allylic oxidation sites excluding steroid dienone is 2. The molecular weight excluding hydrogens is 376 g/mol. The van der Waals surface area contributed by atoms with Gasteiger partial charge in [0.1, 0.15) is 17.0 Å². The molecule has 0 aromatic carbocycles. The van der Waals surface area contributed by atoms with Crippen LogP contribution in [0.25, 0.3) is 0 Å². The maximum absolute atomic E-state index is 12.1. The molecule has 0 saturated heterocycles. The molecule has 2 amide bonds. The number of hydrogen-bond acceptors (Lipinski definition) is 6. The van der Waals surface area contributed by atoms with Crippen LogP contribution in [0.15, 0.2) is 23.5 Å². The summed E-state index contributed by atoms with van der Waals surface area (Å²) >= 11 is 0. The van der Waals surface area contributed by atoms with Crippen molar-refractivity contribution in [3.8, 4) is 0 Å². The van der Waals surface area contributed by atoms with Crippen molar-refractivity contribution < 1.29 is 28.6 Å². The minimum Gasteiger partial charge on any atom is -0.444 e. The lowest BCUT2D eigenvalue weighted by Crippen LogP contribution is -2.46. The van der Waals surface area contributed by atoms with Crippen LogP contribution in [0.5, 0.6) is 0 Å². The van der Waals surface area contributed by atoms with Crippen molar-refractivity contribution >= 4 is 18.2 Å². The number of rotatable bonds is 3. The predicted octanol–water partition coefficient (Wildman–Crippen LogP) is 3.56. The van der Waals surface area contributed by atoms with Crippen molar-refractivity contribution in [1.82, 2.24) is 5.32 Å². The number of nitrogens with one attached hydrogen (secondary N) is 1. The van der Waals surface area contributed by atoms with E-state index < -0.39 is 35.3 Å². The number of hydrogen-bond donors (Lipinski definition) is 2. The molecule has 8 heteroatoms. The third-order valence-electron chi connectivity index (χ3n) is 4.50. The summed E-state index contributed by atoms with van der Waals surface area (Å²) in [7, 11) is 0. The maximum Gasteiger partial charge on any atom is 0.514 e. The number of carbonyl (C=O) groups is 3. The summed E-state index contributed by atoms with van der Waals surface area (Å²) in [5.41, 5.74) is 5.35. The molecule has 0 aromatic heterocycles. The summed E-state index contributed by atoms with van der Waals surface area (Å²) in [5.74, 6) is -0.827. The Hall–Kier alpha value is -2.51. The Morgan fingerprint density at radius 3 is 2.24 bits per heavy atom. The molecule has 0 aliphatic heterocycles. The molecule has 3 atom stereocenters. The van der Waals surface area contributed by atoms with Crippen LogP contribution in [0.1, 0.15) is 60.8 Å². The van der Waals surface area contributed by atoms with E-state index in [-0.39, 0.29) is 12.0 Å². The summed E-state index contributed by atoms with van der Waals surface area (Å²) in [6.45, 7) is 10.6. The van der Waals surface area contributed by atoms with E-state index in [0.29, 0.717) is 25.0 Å². The molecule has 162 valence electrons. The molecule has 0 bridgehead atoms. The predicted molar refractivity (Wildman–Crippen MR) is 107 cm³/mol. The highest BCUT2D eigenvalue weighted by atomic mass is 16.7. The molecule has 0 unspecified atom stereocenters. The quantitative estimate of drug-likeness (QED) is 0.545. The first-order valence-corrected chi connectivity index (χ1v) is 9.83. The fourth-order valence-electron chi connectivity index (χ4n) is 3.49. The molecule has 0 heterocycles. The summed E-state index contributed by atoms with van der Waals surface area (Å²) in [6.07, 6.45) is 3.73. The first kappa shape index (κ1) is 22.8. The van der Waals surface area contributed by atoms with Crippen LogP contribution in [0.4, 0.5) is 9.59 Å². The van der Waals surface area contributed by atoms with Gasteiger partial charge in [-0.05, 0) is 60.5 Å². The van der Waals surface area contributed by atoms with Crippen LogP contribution in [-0.2, 0) is 19.0 Å². The van der Waals surface area contributed by atoms with Gasteiger partial charge in [-0.1, -0.05) is 11.6 Å². The first-order chi connectivity index (χ1) is 13.2. The normalized spacial score (nSPS) is 24.4. The van der Waals surface area contributed by atoms with Crippen LogP contribution < -0.4 is 11.1 Å². The summed E-state index contributed by atoms with van der Waals surface area (Å²) in [5, 5.41) is 2.83. The average Bonchev–Trinajstić information content (AvgIpc) is 2.50. The number of amides is 2. The zero-order valence-corrected chi connectivity index (χ0v) is 18.0. The Labute approximate surface area is 171 Å². The van der Waals surface area contributed by atoms with Crippen LogP contribution in [-0.4, -0.2) is 35.4 Å². The van der Waals surface area contributed by atoms with Crippen molar-refractivity contribution in [3.05, 3.63) is 23.5 Å². The molecule has 29 heavy (non-hydrogen) atoms. The number of nitrogens with two attached hydrogens (primary N) is 1. The minimum atomic E-state index is -0.781. The largest absolute Gasteiger partial charge is 0.514 e. The van der Waals surface area contributed by atoms with E-state index in [4.69, 9.17) is 19.9 Å². The second kappa shape index (κ2) is 8.47. The average molecular weight is 408 g/mol. The topological polar surface area (TPSA) is 117 Å². The first-order valence-electron chi connectivity index (χ1n) is 9.83. The molecule has 2 aliphatic carbocycles. The summed E-state index contributed by atoms with van der Waals surface area (Å²) in [4.78, 5) is 36.1. The maximum atomic E-state index is 12.1. The van der Waals surface area contributed by atoms with Gasteiger partial charge in [-0.25, -0.2) is 9.59 Å². The van der Waals surface area contributed by atoms with E-state index in [1.165, 1.54) is 0 Å². The zero-order valence-electron chi connectivity index (χ0n) is 18.0. The number of ether oxygens (including phenoxy) is 3. The summed E-state index contributed by atoms with van der Waals surface area (Å²) in [6, 6.07) is -0.258. The molecule has 1 fully saturated rings. The molecule has 2 rings (SSSR count). The van der Waals surface area contributed by atoms with Crippen molar-refractivity contribution in [2.45, 2.75) is 78.0 Å². The lowest BCUT2D eigenvalue weighted by atomic mass is 9.71. The van der Waals surface area contributed by atoms with Crippen LogP contribution in [0.2, 0.25) is 0 Å². The van der Waals surface area contributed by atoms with Gasteiger partial charge in [-0.3, -0.25) is 4.79 Å². The number of alkyl carbamates (subject to hydrolysis) is 1. The van der Waals surface area contributed by atoms with Crippen molar-refractivity contribution in [1.29, 1.82) is 0 Å². The number of carbonyl (C=O) groups excluding carboxylic acids is 3. The molecule has 3 N–H and O–H groups in total. The highest BCUT2D eigenvalue weighted by Gasteiger charge is 2.39. The second-order valence-corrected chi connectivity index (χ2v) is 9.50. The van der Waals surface area contributed by atoms with Gasteiger partial charge in [0.25, 0.3) is 0 Å². The van der Waals surface area contributed by atoms with E-state index in [9.17, 15) is 14.4 Å². The highest BCUT2D eigenvalue weighted by Crippen LogP contribution is 2.40. The van der Waals surface area contributed by atoms with E-state index in [0.717, 1.165) is 5.57 Å². The van der Waals surface area contributed by atoms with Crippen LogP contribution in [0.3, 0.4) is 0 Å². The Balaban J connectivity index is 2.07. The van der Waals surface area contributed by atoms with E-state index in [1.807, 2.05) is 6.08 Å². The Kier molecular flexibility index (Phi) is 6.65. The SMILES string of the molecule is CC(C)(C)OC(=O)N[C@@H]1CC2=CCC(OC(=O)OC(C)(C)C)=C[C@H]2[C@H](C(N)=O)C1. The second-order valence-electron chi connectivity index (χ2n) is 9.50. The number of primary amides is 1. The Morgan fingerprint density at radius 1 is 1.07 bits per heavy atom. The lowest BCUT2D eigenvalue weighted by Gasteiger charge is -2.37. The van der Waals surface area contributed by atoms with E-state index in [2.05, 4.69) is 5.32 Å². The third kappa shape index (κ3) is 7.11. The summed E-state index contributed by atoms with van der Waals surface area (Å²) < 4.78 is 15.8. The van der Waals surface area contributed by atoms with Gasteiger partial charge < -0.3 is 25.3 Å². The van der Waals surface area contributed by atoms with E-state index in [1.54, 1.807) is 47.6 Å².